The number of hydroxylamine groups is 2. The Bertz CT molecular complexity index is 487. The van der Waals surface area contributed by atoms with E-state index in [0.717, 1.165) is 11.3 Å². The van der Waals surface area contributed by atoms with Gasteiger partial charge in [0.1, 0.15) is 12.2 Å². The Morgan fingerprint density at radius 2 is 2.33 bits per heavy atom. The quantitative estimate of drug-likeness (QED) is 0.743. The van der Waals surface area contributed by atoms with Gasteiger partial charge in [-0.05, 0) is 19.1 Å². The molecule has 6 heteroatoms. The minimum absolute atomic E-state index is 0.0539. The van der Waals surface area contributed by atoms with Crippen molar-refractivity contribution in [3.8, 4) is 0 Å². The highest BCUT2D eigenvalue weighted by Gasteiger charge is 2.37. The molecule has 1 aromatic heterocycles. The monoisotopic (exact) mass is 249 g/mol. The normalized spacial score (nSPS) is 23.6. The molecule has 0 fully saturated rings. The van der Waals surface area contributed by atoms with Crippen molar-refractivity contribution in [1.82, 2.24) is 9.88 Å². The first-order valence-corrected chi connectivity index (χ1v) is 5.62. The molecule has 96 valence electrons. The number of hydrogen-bond acceptors (Lipinski definition) is 4. The van der Waals surface area contributed by atoms with Crippen LogP contribution in [0.2, 0.25) is 0 Å². The van der Waals surface area contributed by atoms with Crippen molar-refractivity contribution in [3.63, 3.8) is 0 Å². The number of allylic oxidation sites excluding steroid dienone is 2. The van der Waals surface area contributed by atoms with Crippen molar-refractivity contribution < 1.29 is 15.0 Å². The summed E-state index contributed by atoms with van der Waals surface area (Å²) < 4.78 is 0. The Balaban J connectivity index is 2.37. The van der Waals surface area contributed by atoms with Gasteiger partial charge in [-0.2, -0.15) is 0 Å². The largest absolute Gasteiger partial charge is 0.627 e. The lowest BCUT2D eigenvalue weighted by Crippen LogP contribution is -3.04. The summed E-state index contributed by atoms with van der Waals surface area (Å²) in [6.45, 7) is 3.31. The molecule has 0 saturated heterocycles. The molecule has 0 saturated carbocycles. The van der Waals surface area contributed by atoms with Crippen LogP contribution in [-0.4, -0.2) is 27.5 Å². The van der Waals surface area contributed by atoms with Crippen molar-refractivity contribution in [2.24, 2.45) is 0 Å². The van der Waals surface area contributed by atoms with Crippen LogP contribution in [0.15, 0.2) is 35.9 Å². The van der Waals surface area contributed by atoms with Gasteiger partial charge in [0, 0.05) is 19.3 Å². The van der Waals surface area contributed by atoms with Crippen LogP contribution in [0.3, 0.4) is 0 Å². The lowest BCUT2D eigenvalue weighted by Gasteiger charge is -2.31. The first-order valence-electron chi connectivity index (χ1n) is 5.62. The number of pyridine rings is 1. The molecule has 1 aliphatic rings. The van der Waals surface area contributed by atoms with Gasteiger partial charge in [-0.25, -0.2) is 0 Å². The predicted molar refractivity (Wildman–Crippen MR) is 64.0 cm³/mol. The van der Waals surface area contributed by atoms with Gasteiger partial charge < -0.3 is 20.3 Å². The lowest BCUT2D eigenvalue weighted by atomic mass is 10.2. The number of nitrogens with one attached hydrogen (secondary N) is 1. The van der Waals surface area contributed by atoms with Gasteiger partial charge in [-0.1, -0.05) is 0 Å². The number of carboxylic acids is 1. The van der Waals surface area contributed by atoms with Crippen LogP contribution < -0.4 is 5.06 Å². The van der Waals surface area contributed by atoms with E-state index in [1.165, 1.54) is 0 Å². The fourth-order valence-corrected chi connectivity index (χ4v) is 2.16. The van der Waals surface area contributed by atoms with E-state index in [1.54, 1.807) is 43.3 Å². The number of aliphatic carboxylic acids is 1. The first kappa shape index (κ1) is 12.5. The minimum Gasteiger partial charge on any atom is -0.627 e. The van der Waals surface area contributed by atoms with Crippen molar-refractivity contribution >= 4 is 5.97 Å². The third-order valence-corrected chi connectivity index (χ3v) is 3.21. The predicted octanol–water partition coefficient (Wildman–Crippen LogP) is 0.115. The number of carbonyl (C=O) groups is 1. The Morgan fingerprint density at radius 1 is 1.61 bits per heavy atom. The molecule has 0 aromatic carbocycles. The minimum atomic E-state index is -0.953. The highest BCUT2D eigenvalue weighted by molar-refractivity contribution is 5.69. The standard InChI is InChI=1S/C12H15N3O3/c1-8-9(2)15(18)12(14(8)7-11(16)17)10-4-3-5-13-6-10/h3-6,12,15H,7H2,1-2H3,(H,16,17). The molecule has 18 heavy (non-hydrogen) atoms. The summed E-state index contributed by atoms with van der Waals surface area (Å²) in [5, 5.41) is 21.1. The number of hydrogen-bond donors (Lipinski definition) is 2. The van der Waals surface area contributed by atoms with Gasteiger partial charge in [0.2, 0.25) is 0 Å². The van der Waals surface area contributed by atoms with Gasteiger partial charge in [0.15, 0.2) is 6.17 Å². The summed E-state index contributed by atoms with van der Waals surface area (Å²) in [5.74, 6) is -0.953. The maximum atomic E-state index is 12.2. The van der Waals surface area contributed by atoms with Gasteiger partial charge in [0.25, 0.3) is 0 Å². The van der Waals surface area contributed by atoms with Crippen LogP contribution in [0.4, 0.5) is 0 Å². The second-order valence-electron chi connectivity index (χ2n) is 4.29. The Hall–Kier alpha value is -1.92. The summed E-state index contributed by atoms with van der Waals surface area (Å²) in [6, 6.07) is 3.53. The van der Waals surface area contributed by atoms with E-state index >= 15 is 0 Å². The molecule has 0 radical (unpaired) electrons. The topological polar surface area (TPSA) is 80.9 Å². The average Bonchev–Trinajstić information content (AvgIpc) is 2.55. The third kappa shape index (κ3) is 2.07. The zero-order valence-corrected chi connectivity index (χ0v) is 10.3. The Labute approximate surface area is 105 Å². The summed E-state index contributed by atoms with van der Waals surface area (Å²) >= 11 is 0. The van der Waals surface area contributed by atoms with Crippen LogP contribution in [0.25, 0.3) is 0 Å². The first-order chi connectivity index (χ1) is 8.52. The smallest absolute Gasteiger partial charge is 0.323 e. The highest BCUT2D eigenvalue weighted by Crippen LogP contribution is 2.25. The number of rotatable bonds is 3. The molecule has 0 spiro atoms. The van der Waals surface area contributed by atoms with Gasteiger partial charge in [-0.15, -0.1) is 0 Å². The van der Waals surface area contributed by atoms with Crippen molar-refractivity contribution in [3.05, 3.63) is 46.7 Å². The van der Waals surface area contributed by atoms with Crippen LogP contribution >= 0.6 is 0 Å². The molecule has 1 aliphatic heterocycles. The van der Waals surface area contributed by atoms with Crippen LogP contribution in [0.1, 0.15) is 25.6 Å². The molecule has 2 atom stereocenters. The number of carboxylic acid groups (broad SMARTS) is 1. The Morgan fingerprint density at radius 3 is 2.89 bits per heavy atom. The van der Waals surface area contributed by atoms with Crippen LogP contribution in [-0.2, 0) is 4.79 Å². The molecule has 2 rings (SSSR count). The molecule has 2 unspecified atom stereocenters. The highest BCUT2D eigenvalue weighted by atomic mass is 16.5. The lowest BCUT2D eigenvalue weighted by molar-refractivity contribution is -0.845. The van der Waals surface area contributed by atoms with Crippen molar-refractivity contribution in [1.29, 1.82) is 0 Å². The second kappa shape index (κ2) is 4.75. The van der Waals surface area contributed by atoms with Gasteiger partial charge in [0.05, 0.1) is 11.3 Å². The molecule has 0 amide bonds. The number of aromatic nitrogens is 1. The Kier molecular flexibility index (Phi) is 3.31. The van der Waals surface area contributed by atoms with Crippen LogP contribution in [0.5, 0.6) is 0 Å². The zero-order chi connectivity index (χ0) is 13.3. The summed E-state index contributed by atoms with van der Waals surface area (Å²) in [6.07, 6.45) is 2.66. The molecule has 0 aliphatic carbocycles. The second-order valence-corrected chi connectivity index (χ2v) is 4.29. The van der Waals surface area contributed by atoms with E-state index in [-0.39, 0.29) is 11.6 Å². The molecular formula is C12H15N3O3. The molecule has 2 N–H and O–H groups in total. The van der Waals surface area contributed by atoms with E-state index in [9.17, 15) is 10.0 Å². The van der Waals surface area contributed by atoms with E-state index in [2.05, 4.69) is 4.98 Å². The molecule has 0 bridgehead atoms. The number of nitrogens with zero attached hydrogens (tertiary/aromatic N) is 2. The maximum Gasteiger partial charge on any atom is 0.323 e. The average molecular weight is 249 g/mol. The van der Waals surface area contributed by atoms with Crippen molar-refractivity contribution in [2.45, 2.75) is 20.0 Å². The van der Waals surface area contributed by atoms with E-state index in [1.807, 2.05) is 0 Å². The molecular weight excluding hydrogens is 234 g/mol. The fourth-order valence-electron chi connectivity index (χ4n) is 2.16. The summed E-state index contributed by atoms with van der Waals surface area (Å²) in [7, 11) is 0. The van der Waals surface area contributed by atoms with Gasteiger partial charge >= 0.3 is 5.97 Å². The summed E-state index contributed by atoms with van der Waals surface area (Å²) in [5.41, 5.74) is 2.06. The van der Waals surface area contributed by atoms with E-state index in [4.69, 9.17) is 5.11 Å². The zero-order valence-electron chi connectivity index (χ0n) is 10.3. The number of quaternary nitrogens is 1. The molecule has 2 heterocycles. The molecule has 1 aromatic rings. The van der Waals surface area contributed by atoms with E-state index in [0.29, 0.717) is 5.70 Å². The summed E-state index contributed by atoms with van der Waals surface area (Å²) in [4.78, 5) is 16.5. The van der Waals surface area contributed by atoms with Gasteiger partial charge in [-0.3, -0.25) is 9.78 Å². The third-order valence-electron chi connectivity index (χ3n) is 3.21. The fraction of sp³-hybridized carbons (Fsp3) is 0.333. The SMILES string of the molecule is CC1=C(C)[NH+]([O-])C(c2cccnc2)N1CC(=O)O. The van der Waals surface area contributed by atoms with Crippen molar-refractivity contribution in [2.75, 3.05) is 6.54 Å². The molecule has 6 nitrogen and oxygen atoms in total. The maximum absolute atomic E-state index is 12.2. The van der Waals surface area contributed by atoms with E-state index < -0.39 is 12.1 Å². The van der Waals surface area contributed by atoms with Crippen LogP contribution in [0, 0.1) is 5.21 Å².